The van der Waals surface area contributed by atoms with Gasteiger partial charge in [-0.05, 0) is 39.5 Å². The molecular formula is C15H25NO5. The minimum Gasteiger partial charge on any atom is -0.466 e. The van der Waals surface area contributed by atoms with Crippen molar-refractivity contribution in [3.8, 4) is 0 Å². The Morgan fingerprint density at radius 2 is 1.62 bits per heavy atom. The van der Waals surface area contributed by atoms with Gasteiger partial charge in [-0.2, -0.15) is 0 Å². The summed E-state index contributed by atoms with van der Waals surface area (Å²) in [6.07, 6.45) is 2.15. The molecule has 0 amide bonds. The number of ether oxygens (including phenoxy) is 2. The predicted molar refractivity (Wildman–Crippen MR) is 75.5 cm³/mol. The molecule has 120 valence electrons. The van der Waals surface area contributed by atoms with Crippen LogP contribution in [0.5, 0.6) is 0 Å². The lowest BCUT2D eigenvalue weighted by atomic mass is 9.77. The number of aliphatic hydroxyl groups excluding tert-OH is 1. The predicted octanol–water partition coefficient (Wildman–Crippen LogP) is 0.716. The average molecular weight is 299 g/mol. The summed E-state index contributed by atoms with van der Waals surface area (Å²) < 4.78 is 10.1. The van der Waals surface area contributed by atoms with Gasteiger partial charge >= 0.3 is 11.9 Å². The summed E-state index contributed by atoms with van der Waals surface area (Å²) in [5.41, 5.74) is 0. The highest BCUT2D eigenvalue weighted by Crippen LogP contribution is 2.37. The van der Waals surface area contributed by atoms with E-state index in [2.05, 4.69) is 4.90 Å². The van der Waals surface area contributed by atoms with E-state index in [0.29, 0.717) is 38.9 Å². The quantitative estimate of drug-likeness (QED) is 0.754. The molecule has 0 radical (unpaired) electrons. The van der Waals surface area contributed by atoms with Crippen molar-refractivity contribution in [1.29, 1.82) is 0 Å². The van der Waals surface area contributed by atoms with Crippen molar-refractivity contribution in [3.05, 3.63) is 0 Å². The molecule has 0 aliphatic carbocycles. The molecule has 6 nitrogen and oxygen atoms in total. The van der Waals surface area contributed by atoms with Gasteiger partial charge in [0.1, 0.15) is 0 Å². The van der Waals surface area contributed by atoms with E-state index in [9.17, 15) is 14.7 Å². The first-order chi connectivity index (χ1) is 10.0. The molecule has 0 aromatic heterocycles. The van der Waals surface area contributed by atoms with Crippen molar-refractivity contribution >= 4 is 11.9 Å². The van der Waals surface area contributed by atoms with E-state index in [0.717, 1.165) is 0 Å². The molecule has 6 heteroatoms. The van der Waals surface area contributed by atoms with Crippen LogP contribution in [0.25, 0.3) is 0 Å². The van der Waals surface area contributed by atoms with Crippen molar-refractivity contribution in [2.24, 2.45) is 5.92 Å². The van der Waals surface area contributed by atoms with Gasteiger partial charge in [-0.1, -0.05) is 0 Å². The molecule has 1 N–H and O–H groups in total. The number of esters is 2. The van der Waals surface area contributed by atoms with E-state index in [1.807, 2.05) is 0 Å². The summed E-state index contributed by atoms with van der Waals surface area (Å²) in [7, 11) is 0. The maximum atomic E-state index is 11.9. The zero-order valence-electron chi connectivity index (χ0n) is 12.8. The number of hydrogen-bond acceptors (Lipinski definition) is 6. The molecular weight excluding hydrogens is 274 g/mol. The molecule has 2 aliphatic rings. The molecule has 0 spiro atoms. The minimum absolute atomic E-state index is 0.0475. The van der Waals surface area contributed by atoms with Crippen LogP contribution >= 0.6 is 0 Å². The highest BCUT2D eigenvalue weighted by Gasteiger charge is 2.44. The monoisotopic (exact) mass is 299 g/mol. The number of hydrogen-bond donors (Lipinski definition) is 1. The van der Waals surface area contributed by atoms with Gasteiger partial charge in [0.25, 0.3) is 0 Å². The maximum absolute atomic E-state index is 11.9. The Labute approximate surface area is 125 Å². The summed E-state index contributed by atoms with van der Waals surface area (Å²) >= 11 is 0. The Kier molecular flexibility index (Phi) is 5.58. The number of fused-ring (bicyclic) bond motifs is 2. The molecule has 2 rings (SSSR count). The average Bonchev–Trinajstić information content (AvgIpc) is 2.40. The lowest BCUT2D eigenvalue weighted by Gasteiger charge is -2.49. The summed E-state index contributed by atoms with van der Waals surface area (Å²) in [4.78, 5) is 25.8. The molecule has 0 aromatic carbocycles. The third kappa shape index (κ3) is 3.95. The Balaban J connectivity index is 2.02. The van der Waals surface area contributed by atoms with Crippen molar-refractivity contribution < 1.29 is 24.2 Å². The fourth-order valence-corrected chi connectivity index (χ4v) is 3.58. The SMILES string of the molecule is CCOC(=O)CN1[C@@H]2CC(O)C[C@@H]1CC(C(=O)OCC)C2. The fraction of sp³-hybridized carbons (Fsp3) is 0.867. The van der Waals surface area contributed by atoms with E-state index in [-0.39, 0.29) is 42.6 Å². The first kappa shape index (κ1) is 16.2. The zero-order valence-corrected chi connectivity index (χ0v) is 12.8. The highest BCUT2D eigenvalue weighted by molar-refractivity contribution is 5.73. The summed E-state index contributed by atoms with van der Waals surface area (Å²) in [6.45, 7) is 4.59. The van der Waals surface area contributed by atoms with E-state index < -0.39 is 0 Å². The van der Waals surface area contributed by atoms with Crippen LogP contribution in [0.2, 0.25) is 0 Å². The number of aliphatic hydroxyl groups is 1. The van der Waals surface area contributed by atoms with Crippen LogP contribution in [0, 0.1) is 5.92 Å². The lowest BCUT2D eigenvalue weighted by molar-refractivity contribution is -0.157. The van der Waals surface area contributed by atoms with E-state index >= 15 is 0 Å². The minimum atomic E-state index is -0.346. The molecule has 2 bridgehead atoms. The standard InChI is InChI=1S/C15H25NO5/c1-3-20-14(18)9-16-11-5-10(15(19)21-4-2)6-12(16)8-13(17)7-11/h10-13,17H,3-9H2,1-2H3/t10?,11-,12-,13?/m0/s1. The Morgan fingerprint density at radius 1 is 1.05 bits per heavy atom. The number of nitrogens with zero attached hydrogens (tertiary/aromatic N) is 1. The van der Waals surface area contributed by atoms with Crippen LogP contribution in [0.4, 0.5) is 0 Å². The summed E-state index contributed by atoms with van der Waals surface area (Å²) in [6, 6.07) is 0.0950. The van der Waals surface area contributed by atoms with Gasteiger partial charge in [0.05, 0.1) is 31.8 Å². The molecule has 0 saturated carbocycles. The Morgan fingerprint density at radius 3 is 2.14 bits per heavy atom. The first-order valence-electron chi connectivity index (χ1n) is 7.81. The lowest BCUT2D eigenvalue weighted by Crippen LogP contribution is -2.57. The topological polar surface area (TPSA) is 76.1 Å². The Hall–Kier alpha value is -1.14. The van der Waals surface area contributed by atoms with Gasteiger partial charge in [0, 0.05) is 12.1 Å². The third-order valence-corrected chi connectivity index (χ3v) is 4.38. The van der Waals surface area contributed by atoms with E-state index in [1.54, 1.807) is 13.8 Å². The van der Waals surface area contributed by atoms with Crippen molar-refractivity contribution in [2.75, 3.05) is 19.8 Å². The molecule has 0 unspecified atom stereocenters. The van der Waals surface area contributed by atoms with Crippen molar-refractivity contribution in [1.82, 2.24) is 4.90 Å². The fourth-order valence-electron chi connectivity index (χ4n) is 3.58. The first-order valence-corrected chi connectivity index (χ1v) is 7.81. The molecule has 2 atom stereocenters. The van der Waals surface area contributed by atoms with Gasteiger partial charge in [-0.25, -0.2) is 0 Å². The molecule has 2 fully saturated rings. The summed E-state index contributed by atoms with van der Waals surface area (Å²) in [5, 5.41) is 9.94. The zero-order chi connectivity index (χ0) is 15.4. The second-order valence-corrected chi connectivity index (χ2v) is 5.83. The third-order valence-electron chi connectivity index (χ3n) is 4.38. The number of carbonyl (C=O) groups excluding carboxylic acids is 2. The number of rotatable bonds is 5. The van der Waals surface area contributed by atoms with Crippen LogP contribution in [0.15, 0.2) is 0 Å². The second kappa shape index (κ2) is 7.22. The highest BCUT2D eigenvalue weighted by atomic mass is 16.5. The van der Waals surface area contributed by atoms with E-state index in [1.165, 1.54) is 0 Å². The molecule has 2 heterocycles. The smallest absolute Gasteiger partial charge is 0.320 e. The molecule has 0 aromatic rings. The van der Waals surface area contributed by atoms with Gasteiger partial charge in [-0.15, -0.1) is 0 Å². The van der Waals surface area contributed by atoms with E-state index in [4.69, 9.17) is 9.47 Å². The maximum Gasteiger partial charge on any atom is 0.320 e. The van der Waals surface area contributed by atoms with Crippen LogP contribution in [-0.4, -0.2) is 59.9 Å². The largest absolute Gasteiger partial charge is 0.466 e. The number of piperidine rings is 2. The van der Waals surface area contributed by atoms with Gasteiger partial charge in [0.15, 0.2) is 0 Å². The van der Waals surface area contributed by atoms with Gasteiger partial charge in [-0.3, -0.25) is 14.5 Å². The van der Waals surface area contributed by atoms with Crippen molar-refractivity contribution in [3.63, 3.8) is 0 Å². The van der Waals surface area contributed by atoms with Gasteiger partial charge < -0.3 is 14.6 Å². The second-order valence-electron chi connectivity index (χ2n) is 5.83. The van der Waals surface area contributed by atoms with Crippen molar-refractivity contribution in [2.45, 2.75) is 57.7 Å². The normalized spacial score (nSPS) is 32.5. The number of carbonyl (C=O) groups is 2. The van der Waals surface area contributed by atoms with Gasteiger partial charge in [0.2, 0.25) is 0 Å². The molecule has 2 aliphatic heterocycles. The molecule has 2 saturated heterocycles. The summed E-state index contributed by atoms with van der Waals surface area (Å²) in [5.74, 6) is -0.510. The van der Waals surface area contributed by atoms with Crippen LogP contribution in [0.3, 0.4) is 0 Å². The van der Waals surface area contributed by atoms with Crippen LogP contribution in [0.1, 0.15) is 39.5 Å². The Bertz CT molecular complexity index is 370. The van der Waals surface area contributed by atoms with Crippen LogP contribution < -0.4 is 0 Å². The molecule has 21 heavy (non-hydrogen) atoms. The van der Waals surface area contributed by atoms with Crippen LogP contribution in [-0.2, 0) is 19.1 Å².